The molecule has 0 bridgehead atoms. The molecule has 8 heteroatoms. The second-order valence-electron chi connectivity index (χ2n) is 8.61. The number of hydrogen-bond donors (Lipinski definition) is 0. The molecule has 1 aliphatic heterocycles. The Morgan fingerprint density at radius 1 is 1.24 bits per heavy atom. The van der Waals surface area contributed by atoms with Gasteiger partial charge in [0.25, 0.3) is 0 Å². The van der Waals surface area contributed by atoms with Gasteiger partial charge >= 0.3 is 0 Å². The Labute approximate surface area is 179 Å². The van der Waals surface area contributed by atoms with Crippen LogP contribution in [-0.2, 0) is 4.18 Å². The molecule has 3 rings (SSSR count). The van der Waals surface area contributed by atoms with Gasteiger partial charge in [-0.3, -0.25) is 0 Å². The maximum atomic E-state index is 9.29. The van der Waals surface area contributed by atoms with Crippen LogP contribution in [0.5, 0.6) is 0 Å². The molecule has 0 aromatic carbocycles. The summed E-state index contributed by atoms with van der Waals surface area (Å²) in [7, 11) is -1.24. The first kappa shape index (κ1) is 21.8. The summed E-state index contributed by atoms with van der Waals surface area (Å²) in [6.45, 7) is 7.35. The average Bonchev–Trinajstić information content (AvgIpc) is 3.03. The first-order chi connectivity index (χ1) is 13.6. The molecule has 2 aromatic rings. The van der Waals surface area contributed by atoms with Gasteiger partial charge < -0.3 is 9.08 Å². The zero-order chi connectivity index (χ0) is 21.2. The van der Waals surface area contributed by atoms with Crippen molar-refractivity contribution in [3.63, 3.8) is 0 Å². The highest BCUT2D eigenvalue weighted by Gasteiger charge is 2.39. The van der Waals surface area contributed by atoms with Crippen LogP contribution in [0.4, 0.5) is 5.95 Å². The van der Waals surface area contributed by atoms with Gasteiger partial charge in [0.2, 0.25) is 5.95 Å². The van der Waals surface area contributed by atoms with E-state index in [2.05, 4.69) is 59.2 Å². The number of pyridine rings is 1. The summed E-state index contributed by atoms with van der Waals surface area (Å²) in [5.74, 6) is 0.629. The van der Waals surface area contributed by atoms with Gasteiger partial charge in [-0.15, -0.1) is 10.3 Å². The third-order valence-electron chi connectivity index (χ3n) is 5.51. The van der Waals surface area contributed by atoms with E-state index >= 15 is 0 Å². The number of nitriles is 1. The summed E-state index contributed by atoms with van der Waals surface area (Å²) in [5, 5.41) is 9.72. The summed E-state index contributed by atoms with van der Waals surface area (Å²) in [4.78, 5) is 15.3. The van der Waals surface area contributed by atoms with Crippen LogP contribution in [0.15, 0.2) is 30.7 Å². The molecule has 0 amide bonds. The van der Waals surface area contributed by atoms with Gasteiger partial charge in [-0.25, -0.2) is 15.0 Å². The number of hydrogen-bond acceptors (Lipinski definition) is 6. The van der Waals surface area contributed by atoms with Gasteiger partial charge in [-0.1, -0.05) is 32.4 Å². The van der Waals surface area contributed by atoms with E-state index in [4.69, 9.17) is 15.8 Å². The number of halogens is 1. The molecule has 1 fully saturated rings. The lowest BCUT2D eigenvalue weighted by Crippen LogP contribution is -2.32. The maximum Gasteiger partial charge on any atom is 0.225 e. The molecule has 2 aromatic heterocycles. The van der Waals surface area contributed by atoms with Gasteiger partial charge in [-0.2, -0.15) is 5.26 Å². The predicted octanol–water partition coefficient (Wildman–Crippen LogP) is 4.85. The van der Waals surface area contributed by atoms with E-state index in [0.717, 1.165) is 17.5 Å². The number of aromatic nitrogens is 3. The van der Waals surface area contributed by atoms with Crippen molar-refractivity contribution in [2.75, 3.05) is 24.0 Å². The molecule has 0 spiro atoms. The van der Waals surface area contributed by atoms with Crippen LogP contribution in [0, 0.1) is 11.3 Å². The lowest BCUT2D eigenvalue weighted by molar-refractivity contribution is 0.246. The summed E-state index contributed by atoms with van der Waals surface area (Å²) < 4.78 is 6.65. The van der Waals surface area contributed by atoms with Crippen molar-refractivity contribution in [1.29, 1.82) is 5.26 Å². The van der Waals surface area contributed by atoms with Gasteiger partial charge in [-0.05, 0) is 36.6 Å². The molecule has 0 saturated carbocycles. The Morgan fingerprint density at radius 3 is 2.52 bits per heavy atom. The molecule has 0 radical (unpaired) electrons. The van der Waals surface area contributed by atoms with E-state index in [1.807, 2.05) is 6.07 Å². The molecule has 2 unspecified atom stereocenters. The SMILES string of the molecule is CC(C)(C)S(C)(C)OC1CC(CC#N)N(c2ncc(-c3ccnc(Cl)c3)cn2)C1. The maximum absolute atomic E-state index is 9.29. The average molecular weight is 434 g/mol. The van der Waals surface area contributed by atoms with Crippen LogP contribution < -0.4 is 4.90 Å². The van der Waals surface area contributed by atoms with Crippen LogP contribution in [-0.4, -0.2) is 50.9 Å². The van der Waals surface area contributed by atoms with Crippen LogP contribution in [0.2, 0.25) is 5.15 Å². The zero-order valence-corrected chi connectivity index (χ0v) is 19.2. The zero-order valence-electron chi connectivity index (χ0n) is 17.6. The molecule has 2 atom stereocenters. The van der Waals surface area contributed by atoms with E-state index in [-0.39, 0.29) is 16.9 Å². The van der Waals surface area contributed by atoms with Crippen molar-refractivity contribution in [2.24, 2.45) is 0 Å². The van der Waals surface area contributed by atoms with Gasteiger partial charge in [0, 0.05) is 41.5 Å². The van der Waals surface area contributed by atoms with Crippen molar-refractivity contribution in [2.45, 2.75) is 50.5 Å². The van der Waals surface area contributed by atoms with Gasteiger partial charge in [0.15, 0.2) is 0 Å². The number of nitrogens with zero attached hydrogens (tertiary/aromatic N) is 5. The molecular weight excluding hydrogens is 406 g/mol. The van der Waals surface area contributed by atoms with Crippen LogP contribution in [0.3, 0.4) is 0 Å². The fourth-order valence-corrected chi connectivity index (χ4v) is 4.45. The molecule has 0 aliphatic carbocycles. The first-order valence-corrected chi connectivity index (χ1v) is 12.3. The Balaban J connectivity index is 1.78. The summed E-state index contributed by atoms with van der Waals surface area (Å²) >= 11 is 5.98. The van der Waals surface area contributed by atoms with Gasteiger partial charge in [0.05, 0.1) is 18.6 Å². The number of rotatable bonds is 5. The minimum absolute atomic E-state index is 0.0568. The summed E-state index contributed by atoms with van der Waals surface area (Å²) in [6, 6.07) is 6.02. The third-order valence-corrected chi connectivity index (χ3v) is 9.42. The largest absolute Gasteiger partial charge is 0.334 e. The second kappa shape index (κ2) is 8.47. The lowest BCUT2D eigenvalue weighted by Gasteiger charge is -2.45. The summed E-state index contributed by atoms with van der Waals surface area (Å²) in [5.41, 5.74) is 1.79. The van der Waals surface area contributed by atoms with E-state index in [0.29, 0.717) is 24.1 Å². The van der Waals surface area contributed by atoms with E-state index < -0.39 is 10.3 Å². The van der Waals surface area contributed by atoms with Crippen LogP contribution in [0.1, 0.15) is 33.6 Å². The normalized spacial score (nSPS) is 20.5. The standard InChI is InChI=1S/C21H28ClN5OS/c1-21(2,3)29(4,5)28-18-11-17(6-8-23)27(14-18)20-25-12-16(13-26-20)15-7-9-24-19(22)10-15/h7,9-10,12-13,17-18H,6,11,14H2,1-5H3. The summed E-state index contributed by atoms with van der Waals surface area (Å²) in [6.07, 6.45) is 11.0. The molecule has 29 heavy (non-hydrogen) atoms. The highest BCUT2D eigenvalue weighted by atomic mass is 35.5. The van der Waals surface area contributed by atoms with Crippen molar-refractivity contribution < 1.29 is 4.18 Å². The molecule has 6 nitrogen and oxygen atoms in total. The van der Waals surface area contributed by atoms with Crippen LogP contribution >= 0.6 is 21.9 Å². The molecule has 1 aliphatic rings. The van der Waals surface area contributed by atoms with Crippen molar-refractivity contribution in [3.05, 3.63) is 35.9 Å². The van der Waals surface area contributed by atoms with Crippen molar-refractivity contribution in [1.82, 2.24) is 15.0 Å². The van der Waals surface area contributed by atoms with E-state index in [9.17, 15) is 5.26 Å². The highest BCUT2D eigenvalue weighted by Crippen LogP contribution is 2.55. The molecular formula is C21H28ClN5OS. The Kier molecular flexibility index (Phi) is 6.37. The quantitative estimate of drug-likeness (QED) is 0.627. The predicted molar refractivity (Wildman–Crippen MR) is 120 cm³/mol. The minimum Gasteiger partial charge on any atom is -0.334 e. The Hall–Kier alpha value is -1.88. The minimum atomic E-state index is -1.24. The van der Waals surface area contributed by atoms with Crippen LogP contribution in [0.25, 0.3) is 11.1 Å². The Morgan fingerprint density at radius 2 is 1.93 bits per heavy atom. The van der Waals surface area contributed by atoms with Gasteiger partial charge in [0.1, 0.15) is 5.15 Å². The lowest BCUT2D eigenvalue weighted by atomic mass is 10.1. The monoisotopic (exact) mass is 433 g/mol. The fourth-order valence-electron chi connectivity index (χ4n) is 3.17. The van der Waals surface area contributed by atoms with E-state index in [1.54, 1.807) is 24.7 Å². The topological polar surface area (TPSA) is 74.9 Å². The molecule has 0 N–H and O–H groups in total. The fraction of sp³-hybridized carbons (Fsp3) is 0.524. The van der Waals surface area contributed by atoms with E-state index in [1.165, 1.54) is 0 Å². The smallest absolute Gasteiger partial charge is 0.225 e. The molecule has 1 saturated heterocycles. The number of anilines is 1. The van der Waals surface area contributed by atoms with Crippen molar-refractivity contribution >= 4 is 27.9 Å². The molecule has 156 valence electrons. The first-order valence-electron chi connectivity index (χ1n) is 9.59. The Bertz CT molecular complexity index is 891. The third kappa shape index (κ3) is 5.00. The molecule has 3 heterocycles. The second-order valence-corrected chi connectivity index (χ2v) is 12.9. The highest BCUT2D eigenvalue weighted by molar-refractivity contribution is 8.29. The van der Waals surface area contributed by atoms with Crippen molar-refractivity contribution in [3.8, 4) is 17.2 Å².